The van der Waals surface area contributed by atoms with E-state index >= 15 is 0 Å². The summed E-state index contributed by atoms with van der Waals surface area (Å²) >= 11 is 1.59. The molecule has 2 rings (SSSR count). The summed E-state index contributed by atoms with van der Waals surface area (Å²) in [5.41, 5.74) is 2.44. The van der Waals surface area contributed by atoms with E-state index in [1.807, 2.05) is 0 Å². The van der Waals surface area contributed by atoms with Gasteiger partial charge in [0, 0.05) is 18.3 Å². The van der Waals surface area contributed by atoms with E-state index in [1.165, 1.54) is 11.1 Å². The van der Waals surface area contributed by atoms with Crippen molar-refractivity contribution in [3.8, 4) is 0 Å². The highest BCUT2D eigenvalue weighted by atomic mass is 32.2. The highest BCUT2D eigenvalue weighted by molar-refractivity contribution is 7.99. The van der Waals surface area contributed by atoms with Gasteiger partial charge in [-0.1, -0.05) is 29.8 Å². The van der Waals surface area contributed by atoms with Crippen LogP contribution >= 0.6 is 11.8 Å². The Morgan fingerprint density at radius 3 is 2.71 bits per heavy atom. The molecule has 0 radical (unpaired) electrons. The maximum atomic E-state index is 12.2. The van der Waals surface area contributed by atoms with E-state index < -0.39 is 5.97 Å². The lowest BCUT2D eigenvalue weighted by atomic mass is 10.1. The number of aryl methyl sites for hydroxylation is 1. The van der Waals surface area contributed by atoms with Gasteiger partial charge in [0.1, 0.15) is 0 Å². The van der Waals surface area contributed by atoms with Crippen molar-refractivity contribution in [1.82, 2.24) is 4.90 Å². The number of carboxylic acid groups (broad SMARTS) is 1. The number of carbonyl (C=O) groups excluding carboxylic acids is 1. The molecule has 1 fully saturated rings. The van der Waals surface area contributed by atoms with Crippen molar-refractivity contribution in [3.05, 3.63) is 35.4 Å². The van der Waals surface area contributed by atoms with Gasteiger partial charge in [0.05, 0.1) is 12.2 Å². The minimum Gasteiger partial charge on any atom is -0.481 e. The minimum absolute atomic E-state index is 0.0639. The zero-order chi connectivity index (χ0) is 15.2. The summed E-state index contributed by atoms with van der Waals surface area (Å²) in [5.74, 6) is 0.468. The molecular weight excluding hydrogens is 286 g/mol. The van der Waals surface area contributed by atoms with Crippen molar-refractivity contribution in [2.24, 2.45) is 0 Å². The lowest BCUT2D eigenvalue weighted by Crippen LogP contribution is -2.37. The number of nitrogens with zero attached hydrogens (tertiary/aromatic N) is 1. The van der Waals surface area contributed by atoms with Crippen LogP contribution in [0.3, 0.4) is 0 Å². The molecule has 1 unspecified atom stereocenters. The summed E-state index contributed by atoms with van der Waals surface area (Å²) in [6.07, 6.45) is 1.78. The van der Waals surface area contributed by atoms with Crippen LogP contribution in [-0.2, 0) is 15.3 Å². The number of thioether (sulfide) groups is 1. The van der Waals surface area contributed by atoms with Crippen LogP contribution in [0.1, 0.15) is 30.4 Å². The highest BCUT2D eigenvalue weighted by Crippen LogP contribution is 2.22. The average molecular weight is 307 g/mol. The zero-order valence-corrected chi connectivity index (χ0v) is 13.1. The highest BCUT2D eigenvalue weighted by Gasteiger charge is 2.29. The number of rotatable bonds is 6. The van der Waals surface area contributed by atoms with Crippen LogP contribution < -0.4 is 0 Å². The second-order valence-electron chi connectivity index (χ2n) is 5.46. The van der Waals surface area contributed by atoms with E-state index in [-0.39, 0.29) is 18.4 Å². The molecule has 21 heavy (non-hydrogen) atoms. The Labute approximate surface area is 129 Å². The van der Waals surface area contributed by atoms with Crippen LogP contribution in [0, 0.1) is 6.92 Å². The first-order chi connectivity index (χ1) is 10.1. The molecule has 1 heterocycles. The second-order valence-corrected chi connectivity index (χ2v) is 6.45. The Kier molecular flexibility index (Phi) is 5.67. The summed E-state index contributed by atoms with van der Waals surface area (Å²) in [6, 6.07) is 8.18. The molecule has 0 spiro atoms. The normalized spacial score (nSPS) is 18.0. The Morgan fingerprint density at radius 2 is 2.05 bits per heavy atom. The van der Waals surface area contributed by atoms with Crippen LogP contribution in [-0.4, -0.2) is 40.2 Å². The lowest BCUT2D eigenvalue weighted by Gasteiger charge is -2.23. The molecule has 114 valence electrons. The topological polar surface area (TPSA) is 57.6 Å². The summed E-state index contributed by atoms with van der Waals surface area (Å²) in [6.45, 7) is 2.75. The van der Waals surface area contributed by atoms with Crippen molar-refractivity contribution >= 4 is 23.6 Å². The van der Waals surface area contributed by atoms with E-state index in [0.717, 1.165) is 18.6 Å². The Bertz CT molecular complexity index is 501. The molecule has 1 aromatic carbocycles. The fraction of sp³-hybridized carbons (Fsp3) is 0.500. The van der Waals surface area contributed by atoms with Gasteiger partial charge in [0.2, 0.25) is 5.91 Å². The van der Waals surface area contributed by atoms with Gasteiger partial charge in [-0.05, 0) is 25.3 Å². The summed E-state index contributed by atoms with van der Waals surface area (Å²) in [4.78, 5) is 24.7. The number of likely N-dealkylation sites (tertiary alicyclic amines) is 1. The van der Waals surface area contributed by atoms with Gasteiger partial charge in [-0.2, -0.15) is 0 Å². The molecule has 1 saturated heterocycles. The molecule has 1 aliphatic heterocycles. The first-order valence-electron chi connectivity index (χ1n) is 7.21. The van der Waals surface area contributed by atoms with Gasteiger partial charge in [0.15, 0.2) is 0 Å². The fourth-order valence-electron chi connectivity index (χ4n) is 2.60. The van der Waals surface area contributed by atoms with Crippen molar-refractivity contribution in [1.29, 1.82) is 0 Å². The molecule has 5 heteroatoms. The minimum atomic E-state index is -0.827. The molecule has 1 amide bonds. The average Bonchev–Trinajstić information content (AvgIpc) is 2.88. The Morgan fingerprint density at radius 1 is 1.33 bits per heavy atom. The third kappa shape index (κ3) is 4.77. The van der Waals surface area contributed by atoms with E-state index in [2.05, 4.69) is 31.2 Å². The molecule has 0 saturated carbocycles. The summed E-state index contributed by atoms with van der Waals surface area (Å²) in [5, 5.41) is 8.88. The SMILES string of the molecule is Cc1ccc(CSCC(=O)N2CCCC2CC(=O)O)cc1. The van der Waals surface area contributed by atoms with Gasteiger partial charge in [0.25, 0.3) is 0 Å². The molecule has 0 bridgehead atoms. The van der Waals surface area contributed by atoms with Gasteiger partial charge in [-0.15, -0.1) is 11.8 Å². The number of carboxylic acids is 1. The molecule has 1 aromatic rings. The zero-order valence-electron chi connectivity index (χ0n) is 12.2. The standard InChI is InChI=1S/C16H21NO3S/c1-12-4-6-13(7-5-12)10-21-11-15(18)17-8-2-3-14(17)9-16(19)20/h4-7,14H,2-3,8-11H2,1H3,(H,19,20). The Hall–Kier alpha value is -1.49. The summed E-state index contributed by atoms with van der Waals surface area (Å²) < 4.78 is 0. The number of aliphatic carboxylic acids is 1. The van der Waals surface area contributed by atoms with Crippen LogP contribution in [0.2, 0.25) is 0 Å². The van der Waals surface area contributed by atoms with E-state index in [4.69, 9.17) is 5.11 Å². The second kappa shape index (κ2) is 7.50. The fourth-order valence-corrected chi connectivity index (χ4v) is 3.47. The van der Waals surface area contributed by atoms with E-state index in [9.17, 15) is 9.59 Å². The summed E-state index contributed by atoms with van der Waals surface area (Å²) in [7, 11) is 0. The lowest BCUT2D eigenvalue weighted by molar-refractivity contribution is -0.139. The third-order valence-corrected chi connectivity index (χ3v) is 4.71. The van der Waals surface area contributed by atoms with Crippen molar-refractivity contribution in [2.75, 3.05) is 12.3 Å². The van der Waals surface area contributed by atoms with Crippen LogP contribution in [0.4, 0.5) is 0 Å². The van der Waals surface area contributed by atoms with Crippen LogP contribution in [0.25, 0.3) is 0 Å². The molecule has 1 N–H and O–H groups in total. The van der Waals surface area contributed by atoms with E-state index in [0.29, 0.717) is 12.3 Å². The first kappa shape index (κ1) is 15.9. The predicted molar refractivity (Wildman–Crippen MR) is 84.3 cm³/mol. The van der Waals surface area contributed by atoms with Crippen molar-refractivity contribution < 1.29 is 14.7 Å². The van der Waals surface area contributed by atoms with Crippen molar-refractivity contribution in [2.45, 2.75) is 38.0 Å². The molecule has 4 nitrogen and oxygen atoms in total. The monoisotopic (exact) mass is 307 g/mol. The molecule has 0 aliphatic carbocycles. The maximum absolute atomic E-state index is 12.2. The van der Waals surface area contributed by atoms with E-state index in [1.54, 1.807) is 16.7 Å². The number of benzene rings is 1. The number of carbonyl (C=O) groups is 2. The van der Waals surface area contributed by atoms with Gasteiger partial charge in [-0.25, -0.2) is 0 Å². The van der Waals surface area contributed by atoms with Gasteiger partial charge < -0.3 is 10.0 Å². The first-order valence-corrected chi connectivity index (χ1v) is 8.36. The quantitative estimate of drug-likeness (QED) is 0.878. The Balaban J connectivity index is 1.78. The van der Waals surface area contributed by atoms with Gasteiger partial charge >= 0.3 is 5.97 Å². The number of hydrogen-bond donors (Lipinski definition) is 1. The molecular formula is C16H21NO3S. The molecule has 1 atom stereocenters. The number of amides is 1. The van der Waals surface area contributed by atoms with Crippen molar-refractivity contribution in [3.63, 3.8) is 0 Å². The molecule has 1 aliphatic rings. The predicted octanol–water partition coefficient (Wildman–Crippen LogP) is 2.69. The number of hydrogen-bond acceptors (Lipinski definition) is 3. The smallest absolute Gasteiger partial charge is 0.305 e. The maximum Gasteiger partial charge on any atom is 0.305 e. The molecule has 0 aromatic heterocycles. The van der Waals surface area contributed by atoms with Crippen LogP contribution in [0.15, 0.2) is 24.3 Å². The third-order valence-electron chi connectivity index (χ3n) is 3.72. The largest absolute Gasteiger partial charge is 0.481 e. The van der Waals surface area contributed by atoms with Crippen LogP contribution in [0.5, 0.6) is 0 Å². The van der Waals surface area contributed by atoms with Gasteiger partial charge in [-0.3, -0.25) is 9.59 Å².